The minimum atomic E-state index is -0.463. The summed E-state index contributed by atoms with van der Waals surface area (Å²) < 4.78 is 10.5. The van der Waals surface area contributed by atoms with Crippen molar-refractivity contribution in [2.24, 2.45) is 5.92 Å². The predicted molar refractivity (Wildman–Crippen MR) is 137 cm³/mol. The van der Waals surface area contributed by atoms with Crippen LogP contribution in [0, 0.1) is 11.3 Å². The number of ether oxygens (including phenoxy) is 2. The molecule has 2 aromatic rings. The number of hydrogen-bond donors (Lipinski definition) is 3. The number of hydrogen-bond acceptors (Lipinski definition) is 8. The van der Waals surface area contributed by atoms with Gasteiger partial charge in [0, 0.05) is 50.3 Å². The van der Waals surface area contributed by atoms with E-state index in [9.17, 15) is 4.79 Å². The standard InChI is InChI=1S/C26H37N5O3/c1-6-34-26(32)22-15-21(18-7-9-20(10-8-18)31(4)13-14-33-5)23(24(27)17(2)3)25(30-22)29-19-11-12-28-16-19/h7-10,15,17,19,27-28H,6,11-14,16H2,1-5H3,(H,29,30). The Morgan fingerprint density at radius 1 is 1.32 bits per heavy atom. The van der Waals surface area contributed by atoms with Crippen molar-refractivity contribution < 1.29 is 14.3 Å². The van der Waals surface area contributed by atoms with Crippen LogP contribution in [0.5, 0.6) is 0 Å². The Balaban J connectivity index is 2.11. The Labute approximate surface area is 202 Å². The van der Waals surface area contributed by atoms with Crippen molar-refractivity contribution in [1.29, 1.82) is 5.41 Å². The molecule has 1 atom stereocenters. The maximum absolute atomic E-state index is 12.7. The van der Waals surface area contributed by atoms with Crippen LogP contribution in [0.3, 0.4) is 0 Å². The normalized spacial score (nSPS) is 15.4. The van der Waals surface area contributed by atoms with E-state index < -0.39 is 5.97 Å². The number of anilines is 2. The van der Waals surface area contributed by atoms with Gasteiger partial charge in [0.1, 0.15) is 5.82 Å². The number of likely N-dealkylation sites (N-methyl/N-ethyl adjacent to an activating group) is 1. The van der Waals surface area contributed by atoms with E-state index >= 15 is 0 Å². The van der Waals surface area contributed by atoms with Gasteiger partial charge in [-0.3, -0.25) is 0 Å². The van der Waals surface area contributed by atoms with Gasteiger partial charge in [0.15, 0.2) is 5.69 Å². The lowest BCUT2D eigenvalue weighted by molar-refractivity contribution is 0.0519. The van der Waals surface area contributed by atoms with Crippen molar-refractivity contribution in [3.05, 3.63) is 41.6 Å². The van der Waals surface area contributed by atoms with Crippen LogP contribution in [0.15, 0.2) is 30.3 Å². The van der Waals surface area contributed by atoms with Gasteiger partial charge in [-0.25, -0.2) is 9.78 Å². The third-order valence-corrected chi connectivity index (χ3v) is 6.00. The smallest absolute Gasteiger partial charge is 0.357 e. The van der Waals surface area contributed by atoms with E-state index in [0.717, 1.165) is 48.4 Å². The molecule has 0 bridgehead atoms. The third-order valence-electron chi connectivity index (χ3n) is 6.00. The van der Waals surface area contributed by atoms with Gasteiger partial charge in [-0.15, -0.1) is 0 Å². The molecular formula is C26H37N5O3. The van der Waals surface area contributed by atoms with Crippen molar-refractivity contribution in [2.75, 3.05) is 57.2 Å². The summed E-state index contributed by atoms with van der Waals surface area (Å²) in [6, 6.07) is 10.1. The molecule has 1 saturated heterocycles. The monoisotopic (exact) mass is 467 g/mol. The molecule has 0 amide bonds. The number of nitrogens with zero attached hydrogens (tertiary/aromatic N) is 2. The molecule has 184 valence electrons. The zero-order valence-electron chi connectivity index (χ0n) is 20.9. The molecule has 8 heteroatoms. The Morgan fingerprint density at radius 2 is 2.06 bits per heavy atom. The van der Waals surface area contributed by atoms with Crippen molar-refractivity contribution in [1.82, 2.24) is 10.3 Å². The summed E-state index contributed by atoms with van der Waals surface area (Å²) in [6.45, 7) is 9.23. The highest BCUT2D eigenvalue weighted by Crippen LogP contribution is 2.33. The highest BCUT2D eigenvalue weighted by Gasteiger charge is 2.25. The van der Waals surface area contributed by atoms with Crippen molar-refractivity contribution in [3.8, 4) is 11.1 Å². The van der Waals surface area contributed by atoms with Crippen molar-refractivity contribution >= 4 is 23.2 Å². The lowest BCUT2D eigenvalue weighted by Crippen LogP contribution is -2.26. The van der Waals surface area contributed by atoms with E-state index in [1.807, 2.05) is 45.2 Å². The number of esters is 1. The van der Waals surface area contributed by atoms with Crippen LogP contribution in [-0.2, 0) is 9.47 Å². The lowest BCUT2D eigenvalue weighted by Gasteiger charge is -2.23. The fourth-order valence-electron chi connectivity index (χ4n) is 3.97. The van der Waals surface area contributed by atoms with Crippen LogP contribution in [0.4, 0.5) is 11.5 Å². The van der Waals surface area contributed by atoms with Crippen LogP contribution in [-0.4, -0.2) is 69.7 Å². The second-order valence-corrected chi connectivity index (χ2v) is 8.86. The molecule has 0 spiro atoms. The second kappa shape index (κ2) is 11.9. The highest BCUT2D eigenvalue weighted by molar-refractivity contribution is 6.10. The lowest BCUT2D eigenvalue weighted by atomic mass is 9.91. The van der Waals surface area contributed by atoms with E-state index in [-0.39, 0.29) is 24.3 Å². The summed E-state index contributed by atoms with van der Waals surface area (Å²) >= 11 is 0. The number of benzene rings is 1. The fraction of sp³-hybridized carbons (Fsp3) is 0.500. The zero-order valence-corrected chi connectivity index (χ0v) is 20.9. The average Bonchev–Trinajstić information content (AvgIpc) is 3.35. The van der Waals surface area contributed by atoms with Gasteiger partial charge < -0.3 is 30.4 Å². The zero-order chi connectivity index (χ0) is 24.7. The molecule has 3 N–H and O–H groups in total. The fourth-order valence-corrected chi connectivity index (χ4v) is 3.97. The number of pyridine rings is 1. The molecular weight excluding hydrogens is 430 g/mol. The number of carbonyl (C=O) groups is 1. The van der Waals surface area contributed by atoms with Gasteiger partial charge in [0.2, 0.25) is 0 Å². The van der Waals surface area contributed by atoms with Crippen LogP contribution in [0.1, 0.15) is 43.2 Å². The van der Waals surface area contributed by atoms with Gasteiger partial charge in [-0.05, 0) is 55.1 Å². The molecule has 1 aliphatic heterocycles. The van der Waals surface area contributed by atoms with Crippen LogP contribution in [0.25, 0.3) is 11.1 Å². The molecule has 8 nitrogen and oxygen atoms in total. The maximum atomic E-state index is 12.7. The molecule has 1 aromatic heterocycles. The minimum Gasteiger partial charge on any atom is -0.461 e. The molecule has 1 fully saturated rings. The molecule has 0 aliphatic carbocycles. The quantitative estimate of drug-likeness (QED) is 0.341. The number of aromatic nitrogens is 1. The van der Waals surface area contributed by atoms with Gasteiger partial charge in [0.05, 0.1) is 13.2 Å². The van der Waals surface area contributed by atoms with Crippen LogP contribution >= 0.6 is 0 Å². The number of nitrogens with one attached hydrogen (secondary N) is 3. The number of carbonyl (C=O) groups excluding carboxylic acids is 1. The first kappa shape index (κ1) is 25.6. The number of methoxy groups -OCH3 is 1. The Kier molecular flexibility index (Phi) is 9.01. The first-order chi connectivity index (χ1) is 16.3. The van der Waals surface area contributed by atoms with Crippen molar-refractivity contribution in [2.45, 2.75) is 33.2 Å². The minimum absolute atomic E-state index is 0.00398. The Bertz CT molecular complexity index is 985. The maximum Gasteiger partial charge on any atom is 0.357 e. The van der Waals surface area contributed by atoms with Crippen molar-refractivity contribution in [3.63, 3.8) is 0 Å². The highest BCUT2D eigenvalue weighted by atomic mass is 16.5. The second-order valence-electron chi connectivity index (χ2n) is 8.86. The summed E-state index contributed by atoms with van der Waals surface area (Å²) in [6.07, 6.45) is 0.956. The van der Waals surface area contributed by atoms with Crippen LogP contribution < -0.4 is 15.5 Å². The molecule has 0 radical (unpaired) electrons. The molecule has 1 aromatic carbocycles. The molecule has 1 unspecified atom stereocenters. The van der Waals surface area contributed by atoms with Gasteiger partial charge in [-0.2, -0.15) is 0 Å². The summed E-state index contributed by atoms with van der Waals surface area (Å²) in [5, 5.41) is 15.8. The SMILES string of the molecule is CCOC(=O)c1cc(-c2ccc(N(C)CCOC)cc2)c(C(=N)C(C)C)c(NC2CCNC2)n1. The van der Waals surface area contributed by atoms with Gasteiger partial charge >= 0.3 is 5.97 Å². The largest absolute Gasteiger partial charge is 0.461 e. The van der Waals surface area contributed by atoms with Crippen LogP contribution in [0.2, 0.25) is 0 Å². The number of rotatable bonds is 11. The Morgan fingerprint density at radius 3 is 2.65 bits per heavy atom. The molecule has 1 aliphatic rings. The topological polar surface area (TPSA) is 99.6 Å². The van der Waals surface area contributed by atoms with Gasteiger partial charge in [0.25, 0.3) is 0 Å². The summed E-state index contributed by atoms with van der Waals surface area (Å²) in [5.74, 6) is 0.0971. The molecule has 3 rings (SSSR count). The summed E-state index contributed by atoms with van der Waals surface area (Å²) in [4.78, 5) is 19.5. The summed E-state index contributed by atoms with van der Waals surface area (Å²) in [7, 11) is 3.72. The van der Waals surface area contributed by atoms with E-state index in [4.69, 9.17) is 14.9 Å². The molecule has 0 saturated carbocycles. The van der Waals surface area contributed by atoms with Gasteiger partial charge in [-0.1, -0.05) is 26.0 Å². The molecule has 2 heterocycles. The van der Waals surface area contributed by atoms with E-state index in [0.29, 0.717) is 18.1 Å². The Hall–Kier alpha value is -2.97. The first-order valence-corrected chi connectivity index (χ1v) is 11.9. The van der Waals surface area contributed by atoms with E-state index in [1.54, 1.807) is 20.1 Å². The molecule has 34 heavy (non-hydrogen) atoms. The predicted octanol–water partition coefficient (Wildman–Crippen LogP) is 3.81. The summed E-state index contributed by atoms with van der Waals surface area (Å²) in [5.41, 5.74) is 4.24. The van der Waals surface area contributed by atoms with E-state index in [1.165, 1.54) is 0 Å². The van der Waals surface area contributed by atoms with E-state index in [2.05, 4.69) is 20.5 Å². The first-order valence-electron chi connectivity index (χ1n) is 11.9. The third kappa shape index (κ3) is 6.12. The average molecular weight is 468 g/mol.